The minimum atomic E-state index is 0.624. The number of anilines is 2. The Labute approximate surface area is 124 Å². The van der Waals surface area contributed by atoms with Crippen molar-refractivity contribution >= 4 is 11.6 Å². The second kappa shape index (κ2) is 6.43. The molecule has 0 aliphatic heterocycles. The summed E-state index contributed by atoms with van der Waals surface area (Å²) in [6.45, 7) is 7.48. The van der Waals surface area contributed by atoms with Crippen LogP contribution in [-0.2, 0) is 13.6 Å². The molecule has 0 aliphatic carbocycles. The minimum Gasteiger partial charge on any atom is -0.490 e. The van der Waals surface area contributed by atoms with Gasteiger partial charge in [0.2, 0.25) is 5.75 Å². The number of aryl methyl sites for hydroxylation is 2. The largest absolute Gasteiger partial charge is 0.490 e. The third-order valence-corrected chi connectivity index (χ3v) is 3.44. The monoisotopic (exact) mass is 290 g/mol. The van der Waals surface area contributed by atoms with Gasteiger partial charge in [-0.2, -0.15) is 5.10 Å². The highest BCUT2D eigenvalue weighted by Crippen LogP contribution is 2.29. The summed E-state index contributed by atoms with van der Waals surface area (Å²) in [4.78, 5) is 8.45. The molecule has 0 aliphatic rings. The number of hydrogen-bond donors (Lipinski definition) is 2. The summed E-state index contributed by atoms with van der Waals surface area (Å²) in [7, 11) is 3.56. The molecule has 7 heteroatoms. The molecule has 2 aromatic rings. The second-order valence-corrected chi connectivity index (χ2v) is 4.76. The van der Waals surface area contributed by atoms with E-state index in [4.69, 9.17) is 4.74 Å². The van der Waals surface area contributed by atoms with Crippen molar-refractivity contribution in [1.82, 2.24) is 19.7 Å². The van der Waals surface area contributed by atoms with E-state index in [1.54, 1.807) is 7.11 Å². The van der Waals surface area contributed by atoms with Crippen LogP contribution >= 0.6 is 0 Å². The van der Waals surface area contributed by atoms with Crippen molar-refractivity contribution in [2.24, 2.45) is 7.05 Å². The van der Waals surface area contributed by atoms with Gasteiger partial charge in [0.15, 0.2) is 11.6 Å². The molecule has 2 aromatic heterocycles. The average Bonchev–Trinajstić information content (AvgIpc) is 2.71. The van der Waals surface area contributed by atoms with Crippen LogP contribution in [-0.4, -0.2) is 33.4 Å². The van der Waals surface area contributed by atoms with Gasteiger partial charge in [0.25, 0.3) is 0 Å². The molecule has 0 amide bonds. The number of rotatable bonds is 6. The van der Waals surface area contributed by atoms with Gasteiger partial charge in [-0.3, -0.25) is 4.68 Å². The number of aromatic nitrogens is 4. The molecule has 0 saturated carbocycles. The highest BCUT2D eigenvalue weighted by Gasteiger charge is 2.14. The first kappa shape index (κ1) is 15.1. The van der Waals surface area contributed by atoms with E-state index >= 15 is 0 Å². The summed E-state index contributed by atoms with van der Waals surface area (Å²) in [6.07, 6.45) is 1.52. The second-order valence-electron chi connectivity index (χ2n) is 4.76. The fourth-order valence-corrected chi connectivity index (χ4v) is 2.23. The van der Waals surface area contributed by atoms with Crippen LogP contribution in [0, 0.1) is 13.8 Å². The first-order valence-electron chi connectivity index (χ1n) is 6.94. The zero-order chi connectivity index (χ0) is 15.4. The molecule has 0 bridgehead atoms. The number of nitrogens with one attached hydrogen (secondary N) is 2. The van der Waals surface area contributed by atoms with Gasteiger partial charge in [0, 0.05) is 31.4 Å². The summed E-state index contributed by atoms with van der Waals surface area (Å²) in [5, 5.41) is 10.9. The highest BCUT2D eigenvalue weighted by atomic mass is 16.5. The smallest absolute Gasteiger partial charge is 0.204 e. The number of methoxy groups -OCH3 is 1. The molecule has 0 atom stereocenters. The van der Waals surface area contributed by atoms with Gasteiger partial charge < -0.3 is 15.4 Å². The fraction of sp³-hybridized carbons (Fsp3) is 0.500. The van der Waals surface area contributed by atoms with E-state index in [1.165, 1.54) is 11.9 Å². The van der Waals surface area contributed by atoms with Crippen LogP contribution in [0.2, 0.25) is 0 Å². The Morgan fingerprint density at radius 2 is 1.86 bits per heavy atom. The van der Waals surface area contributed by atoms with Gasteiger partial charge in [0.05, 0.1) is 12.8 Å². The maximum atomic E-state index is 5.41. The molecule has 0 radical (unpaired) electrons. The average molecular weight is 290 g/mol. The van der Waals surface area contributed by atoms with Gasteiger partial charge in [0.1, 0.15) is 6.33 Å². The van der Waals surface area contributed by atoms with Crippen molar-refractivity contribution in [2.45, 2.75) is 27.3 Å². The summed E-state index contributed by atoms with van der Waals surface area (Å²) in [5.74, 6) is 1.99. The molecule has 114 valence electrons. The Balaban J connectivity index is 2.22. The van der Waals surface area contributed by atoms with Crippen LogP contribution in [0.3, 0.4) is 0 Å². The zero-order valence-corrected chi connectivity index (χ0v) is 13.2. The highest BCUT2D eigenvalue weighted by molar-refractivity contribution is 5.63. The molecule has 2 heterocycles. The molecule has 2 rings (SSSR count). The third kappa shape index (κ3) is 3.07. The summed E-state index contributed by atoms with van der Waals surface area (Å²) >= 11 is 0. The zero-order valence-electron chi connectivity index (χ0n) is 13.2. The maximum Gasteiger partial charge on any atom is 0.204 e. The third-order valence-electron chi connectivity index (χ3n) is 3.44. The lowest BCUT2D eigenvalue weighted by molar-refractivity contribution is 0.414. The topological polar surface area (TPSA) is 76.9 Å². The van der Waals surface area contributed by atoms with Gasteiger partial charge in [-0.15, -0.1) is 0 Å². The standard InChI is InChI=1S/C14H22N6O/c1-6-15-13-12(21-5)14(18-8-17-13)16-7-11-9(2)19-20(4)10(11)3/h8H,6-7H2,1-5H3,(H2,15,16,17,18). The van der Waals surface area contributed by atoms with Gasteiger partial charge in [-0.05, 0) is 20.8 Å². The molecule has 0 unspecified atom stereocenters. The molecule has 2 N–H and O–H groups in total. The van der Waals surface area contributed by atoms with Crippen molar-refractivity contribution in [3.05, 3.63) is 23.3 Å². The number of nitrogens with zero attached hydrogens (tertiary/aromatic N) is 4. The predicted molar refractivity (Wildman–Crippen MR) is 82.8 cm³/mol. The van der Waals surface area contributed by atoms with Crippen molar-refractivity contribution < 1.29 is 4.74 Å². The van der Waals surface area contributed by atoms with Gasteiger partial charge >= 0.3 is 0 Å². The molecule has 7 nitrogen and oxygen atoms in total. The first-order chi connectivity index (χ1) is 10.1. The van der Waals surface area contributed by atoms with Crippen LogP contribution < -0.4 is 15.4 Å². The quantitative estimate of drug-likeness (QED) is 0.846. The van der Waals surface area contributed by atoms with E-state index in [0.717, 1.165) is 17.9 Å². The number of ether oxygens (including phenoxy) is 1. The van der Waals surface area contributed by atoms with Crippen molar-refractivity contribution in [3.63, 3.8) is 0 Å². The normalized spacial score (nSPS) is 10.5. The Bertz CT molecular complexity index is 622. The molecule has 0 saturated heterocycles. The van der Waals surface area contributed by atoms with E-state index in [2.05, 4.69) is 32.6 Å². The first-order valence-corrected chi connectivity index (χ1v) is 6.94. The molecular weight excluding hydrogens is 268 g/mol. The van der Waals surface area contributed by atoms with E-state index < -0.39 is 0 Å². The summed E-state index contributed by atoms with van der Waals surface area (Å²) < 4.78 is 7.29. The Kier molecular flexibility index (Phi) is 4.62. The SMILES string of the molecule is CCNc1ncnc(NCc2c(C)nn(C)c2C)c1OC. The Hall–Kier alpha value is -2.31. The lowest BCUT2D eigenvalue weighted by atomic mass is 10.2. The molecule has 0 fully saturated rings. The summed E-state index contributed by atoms with van der Waals surface area (Å²) in [6, 6.07) is 0. The molecule has 0 spiro atoms. The molecular formula is C14H22N6O. The van der Waals surface area contributed by atoms with E-state index in [9.17, 15) is 0 Å². The van der Waals surface area contributed by atoms with Crippen LogP contribution in [0.1, 0.15) is 23.9 Å². The van der Waals surface area contributed by atoms with Crippen molar-refractivity contribution in [1.29, 1.82) is 0 Å². The predicted octanol–water partition coefficient (Wildman–Crippen LogP) is 1.88. The van der Waals surface area contributed by atoms with Gasteiger partial charge in [-0.1, -0.05) is 0 Å². The lowest BCUT2D eigenvalue weighted by Crippen LogP contribution is -2.09. The maximum absolute atomic E-state index is 5.41. The fourth-order valence-electron chi connectivity index (χ4n) is 2.23. The lowest BCUT2D eigenvalue weighted by Gasteiger charge is -2.13. The Morgan fingerprint density at radius 1 is 1.19 bits per heavy atom. The molecule has 21 heavy (non-hydrogen) atoms. The van der Waals surface area contributed by atoms with Crippen LogP contribution in [0.15, 0.2) is 6.33 Å². The van der Waals surface area contributed by atoms with Gasteiger partial charge in [-0.25, -0.2) is 9.97 Å². The Morgan fingerprint density at radius 3 is 2.38 bits per heavy atom. The van der Waals surface area contributed by atoms with E-state index in [-0.39, 0.29) is 0 Å². The van der Waals surface area contributed by atoms with Crippen molar-refractivity contribution in [3.8, 4) is 5.75 Å². The van der Waals surface area contributed by atoms with E-state index in [0.29, 0.717) is 23.9 Å². The van der Waals surface area contributed by atoms with Crippen LogP contribution in [0.4, 0.5) is 11.6 Å². The summed E-state index contributed by atoms with van der Waals surface area (Å²) in [5.41, 5.74) is 3.32. The van der Waals surface area contributed by atoms with Crippen LogP contribution in [0.5, 0.6) is 5.75 Å². The van der Waals surface area contributed by atoms with Crippen molar-refractivity contribution in [2.75, 3.05) is 24.3 Å². The van der Waals surface area contributed by atoms with E-state index in [1.807, 2.05) is 25.6 Å². The number of hydrogen-bond acceptors (Lipinski definition) is 6. The minimum absolute atomic E-state index is 0.624. The molecule has 0 aromatic carbocycles. The van der Waals surface area contributed by atoms with Crippen LogP contribution in [0.25, 0.3) is 0 Å².